The van der Waals surface area contributed by atoms with Gasteiger partial charge in [0.05, 0.1) is 0 Å². The van der Waals surface area contributed by atoms with Crippen molar-refractivity contribution in [2.24, 2.45) is 11.7 Å². The minimum absolute atomic E-state index is 0.869. The molecule has 2 N–H and O–H groups in total. The lowest BCUT2D eigenvalue weighted by Crippen LogP contribution is -1.97. The Bertz CT molecular complexity index is 101. The van der Waals surface area contributed by atoms with E-state index in [4.69, 9.17) is 5.73 Å². The number of nitrogens with two attached hydrogens (primary N) is 1. The normalized spacial score (nSPS) is 13.1. The van der Waals surface area contributed by atoms with Crippen LogP contribution in [0.15, 0.2) is 0 Å². The molecule has 0 rings (SSSR count). The largest absolute Gasteiger partial charge is 0.330 e. The predicted molar refractivity (Wildman–Crippen MR) is 65.4 cm³/mol. The minimum Gasteiger partial charge on any atom is -0.330 e. The van der Waals surface area contributed by atoms with Gasteiger partial charge in [-0.15, -0.1) is 0 Å². The molecule has 0 saturated heterocycles. The Kier molecular flexibility index (Phi) is 11.0. The molecule has 0 unspecified atom stereocenters. The quantitative estimate of drug-likeness (QED) is 0.526. The van der Waals surface area contributed by atoms with Crippen molar-refractivity contribution < 1.29 is 0 Å². The van der Waals surface area contributed by atoms with Crippen molar-refractivity contribution in [2.45, 2.75) is 71.6 Å². The van der Waals surface area contributed by atoms with Gasteiger partial charge in [-0.2, -0.15) is 0 Å². The van der Waals surface area contributed by atoms with E-state index in [9.17, 15) is 0 Å². The van der Waals surface area contributed by atoms with Crippen LogP contribution in [0.25, 0.3) is 0 Å². The van der Waals surface area contributed by atoms with Gasteiger partial charge in [-0.1, -0.05) is 65.2 Å². The van der Waals surface area contributed by atoms with Gasteiger partial charge in [-0.05, 0) is 18.9 Å². The van der Waals surface area contributed by atoms with Crippen LogP contribution in [0.3, 0.4) is 0 Å². The molecule has 0 fully saturated rings. The highest BCUT2D eigenvalue weighted by atomic mass is 14.5. The van der Waals surface area contributed by atoms with Crippen LogP contribution in [-0.2, 0) is 0 Å². The highest BCUT2D eigenvalue weighted by molar-refractivity contribution is 4.51. The minimum atomic E-state index is 0.869. The van der Waals surface area contributed by atoms with Crippen LogP contribution >= 0.6 is 0 Å². The van der Waals surface area contributed by atoms with E-state index in [1.165, 1.54) is 57.8 Å². The second-order valence-corrected chi connectivity index (χ2v) is 4.57. The fourth-order valence-electron chi connectivity index (χ4n) is 1.73. The molecule has 0 radical (unpaired) electrons. The third kappa shape index (κ3) is 10.0. The molecule has 86 valence electrons. The molecule has 0 saturated carbocycles. The summed E-state index contributed by atoms with van der Waals surface area (Å²) in [6, 6.07) is 0. The van der Waals surface area contributed by atoms with Crippen molar-refractivity contribution in [1.82, 2.24) is 0 Å². The summed E-state index contributed by atoms with van der Waals surface area (Å²) in [6.07, 6.45) is 12.4. The van der Waals surface area contributed by atoms with Crippen LogP contribution in [0.4, 0.5) is 0 Å². The first-order chi connectivity index (χ1) is 6.81. The van der Waals surface area contributed by atoms with Gasteiger partial charge in [0.25, 0.3) is 0 Å². The molecule has 1 atom stereocenters. The summed E-state index contributed by atoms with van der Waals surface area (Å²) in [4.78, 5) is 0. The van der Waals surface area contributed by atoms with E-state index < -0.39 is 0 Å². The van der Waals surface area contributed by atoms with E-state index in [0.717, 1.165) is 12.5 Å². The van der Waals surface area contributed by atoms with Crippen LogP contribution in [0.5, 0.6) is 0 Å². The number of hydrogen-bond acceptors (Lipinski definition) is 1. The average molecular weight is 199 g/mol. The monoisotopic (exact) mass is 199 g/mol. The molecule has 0 aromatic rings. The summed E-state index contributed by atoms with van der Waals surface area (Å²) in [6.45, 7) is 5.52. The Balaban J connectivity index is 2.92. The summed E-state index contributed by atoms with van der Waals surface area (Å²) in [5.74, 6) is 0.937. The Labute approximate surface area is 90.5 Å². The molecular formula is C13H29N. The number of hydrogen-bond donors (Lipinski definition) is 1. The molecule has 0 spiro atoms. The Morgan fingerprint density at radius 2 is 1.36 bits per heavy atom. The summed E-state index contributed by atoms with van der Waals surface area (Å²) in [7, 11) is 0. The third-order valence-corrected chi connectivity index (χ3v) is 3.10. The van der Waals surface area contributed by atoms with E-state index in [1.54, 1.807) is 0 Å². The molecule has 0 aromatic heterocycles. The smallest absolute Gasteiger partial charge is 0.00773 e. The van der Waals surface area contributed by atoms with Crippen LogP contribution in [0.1, 0.15) is 71.6 Å². The Morgan fingerprint density at radius 1 is 0.857 bits per heavy atom. The van der Waals surface area contributed by atoms with Gasteiger partial charge >= 0.3 is 0 Å². The Morgan fingerprint density at radius 3 is 1.86 bits per heavy atom. The molecule has 0 amide bonds. The first-order valence-electron chi connectivity index (χ1n) is 6.51. The van der Waals surface area contributed by atoms with Gasteiger partial charge < -0.3 is 5.73 Å². The molecule has 0 aliphatic carbocycles. The lowest BCUT2D eigenvalue weighted by atomic mass is 10.00. The van der Waals surface area contributed by atoms with Crippen LogP contribution in [0.2, 0.25) is 0 Å². The lowest BCUT2D eigenvalue weighted by molar-refractivity contribution is 0.470. The molecule has 0 heterocycles. The summed E-state index contributed by atoms with van der Waals surface area (Å²) in [5.41, 5.74) is 5.44. The Hall–Kier alpha value is -0.0400. The molecule has 1 nitrogen and oxygen atoms in total. The zero-order valence-corrected chi connectivity index (χ0v) is 10.2. The first-order valence-corrected chi connectivity index (χ1v) is 6.51. The van der Waals surface area contributed by atoms with Crippen LogP contribution in [0, 0.1) is 5.92 Å². The fourth-order valence-corrected chi connectivity index (χ4v) is 1.73. The van der Waals surface area contributed by atoms with Gasteiger partial charge in [-0.25, -0.2) is 0 Å². The maximum Gasteiger partial charge on any atom is -0.00773 e. The maximum absolute atomic E-state index is 5.44. The maximum atomic E-state index is 5.44. The van der Waals surface area contributed by atoms with Gasteiger partial charge in [0.2, 0.25) is 0 Å². The van der Waals surface area contributed by atoms with Crippen molar-refractivity contribution in [3.05, 3.63) is 0 Å². The summed E-state index contributed by atoms with van der Waals surface area (Å²) < 4.78 is 0. The molecule has 0 bridgehead atoms. The van der Waals surface area contributed by atoms with E-state index in [1.807, 2.05) is 0 Å². The zero-order valence-electron chi connectivity index (χ0n) is 10.2. The van der Waals surface area contributed by atoms with Crippen molar-refractivity contribution in [3.63, 3.8) is 0 Å². The molecular weight excluding hydrogens is 170 g/mol. The SMILES string of the molecule is CC[C@@H](C)CCCCCCCCCN. The van der Waals surface area contributed by atoms with E-state index >= 15 is 0 Å². The summed E-state index contributed by atoms with van der Waals surface area (Å²) >= 11 is 0. The number of unbranched alkanes of at least 4 members (excludes halogenated alkanes) is 6. The highest BCUT2D eigenvalue weighted by Gasteiger charge is 1.97. The molecule has 1 heteroatoms. The van der Waals surface area contributed by atoms with Gasteiger partial charge in [0, 0.05) is 0 Å². The molecule has 0 aromatic carbocycles. The van der Waals surface area contributed by atoms with E-state index in [0.29, 0.717) is 0 Å². The predicted octanol–water partition coefficient (Wildman–Crippen LogP) is 4.11. The van der Waals surface area contributed by atoms with E-state index in [2.05, 4.69) is 13.8 Å². The van der Waals surface area contributed by atoms with Crippen molar-refractivity contribution in [1.29, 1.82) is 0 Å². The molecule has 0 aliphatic rings. The van der Waals surface area contributed by atoms with Gasteiger partial charge in [-0.3, -0.25) is 0 Å². The second-order valence-electron chi connectivity index (χ2n) is 4.57. The van der Waals surface area contributed by atoms with E-state index in [-0.39, 0.29) is 0 Å². The first kappa shape index (κ1) is 14.0. The second kappa shape index (κ2) is 11.0. The number of rotatable bonds is 10. The average Bonchev–Trinajstić information content (AvgIpc) is 2.21. The third-order valence-electron chi connectivity index (χ3n) is 3.10. The topological polar surface area (TPSA) is 26.0 Å². The molecule has 14 heavy (non-hydrogen) atoms. The van der Waals surface area contributed by atoms with Crippen molar-refractivity contribution in [2.75, 3.05) is 6.54 Å². The van der Waals surface area contributed by atoms with Crippen molar-refractivity contribution >= 4 is 0 Å². The zero-order chi connectivity index (χ0) is 10.6. The summed E-state index contributed by atoms with van der Waals surface area (Å²) in [5, 5.41) is 0. The van der Waals surface area contributed by atoms with Crippen LogP contribution < -0.4 is 5.73 Å². The van der Waals surface area contributed by atoms with Crippen LogP contribution in [-0.4, -0.2) is 6.54 Å². The van der Waals surface area contributed by atoms with Gasteiger partial charge in [0.15, 0.2) is 0 Å². The standard InChI is InChI=1S/C13H29N/c1-3-13(2)11-9-7-5-4-6-8-10-12-14/h13H,3-12,14H2,1-2H3/t13-/m1/s1. The lowest BCUT2D eigenvalue weighted by Gasteiger charge is -2.07. The molecule has 0 aliphatic heterocycles. The highest BCUT2D eigenvalue weighted by Crippen LogP contribution is 2.14. The van der Waals surface area contributed by atoms with Crippen molar-refractivity contribution in [3.8, 4) is 0 Å². The fraction of sp³-hybridized carbons (Fsp3) is 1.00. The van der Waals surface area contributed by atoms with Gasteiger partial charge in [0.1, 0.15) is 0 Å².